The number of amides is 1. The van der Waals surface area contributed by atoms with E-state index in [9.17, 15) is 18.0 Å². The normalized spacial score (nSPS) is 11.5. The molecule has 0 unspecified atom stereocenters. The Balaban J connectivity index is 2.50. The zero-order chi connectivity index (χ0) is 14.5. The summed E-state index contributed by atoms with van der Waals surface area (Å²) in [4.78, 5) is 12.6. The van der Waals surface area contributed by atoms with Crippen LogP contribution in [0, 0.1) is 0 Å². The van der Waals surface area contributed by atoms with Gasteiger partial charge < -0.3 is 15.0 Å². The minimum atomic E-state index is -4.89. The molecule has 19 heavy (non-hydrogen) atoms. The number of hydrogen-bond acceptors (Lipinski definition) is 3. The number of benzene rings is 1. The van der Waals surface area contributed by atoms with Crippen LogP contribution in [0.25, 0.3) is 0 Å². The van der Waals surface area contributed by atoms with E-state index in [-0.39, 0.29) is 5.69 Å². The molecule has 106 valence electrons. The lowest BCUT2D eigenvalue weighted by atomic mass is 10.3. The SMILES string of the molecule is CN(C)CCOc1ccc(NC(=O)C(F)(F)F)cc1. The fourth-order valence-corrected chi connectivity index (χ4v) is 1.18. The van der Waals surface area contributed by atoms with Gasteiger partial charge in [-0.25, -0.2) is 0 Å². The minimum Gasteiger partial charge on any atom is -0.492 e. The molecule has 0 aliphatic heterocycles. The van der Waals surface area contributed by atoms with Crippen molar-refractivity contribution in [2.24, 2.45) is 0 Å². The highest BCUT2D eigenvalue weighted by atomic mass is 19.4. The summed E-state index contributed by atoms with van der Waals surface area (Å²) in [6.07, 6.45) is -4.89. The van der Waals surface area contributed by atoms with Crippen molar-refractivity contribution in [1.29, 1.82) is 0 Å². The first kappa shape index (κ1) is 15.3. The number of halogens is 3. The molecule has 0 atom stereocenters. The Labute approximate surface area is 109 Å². The molecule has 1 N–H and O–H groups in total. The maximum Gasteiger partial charge on any atom is 0.471 e. The van der Waals surface area contributed by atoms with Crippen LogP contribution in [0.15, 0.2) is 24.3 Å². The molecule has 0 aliphatic carbocycles. The quantitative estimate of drug-likeness (QED) is 0.895. The van der Waals surface area contributed by atoms with Crippen molar-refractivity contribution in [3.05, 3.63) is 24.3 Å². The number of nitrogens with one attached hydrogen (secondary N) is 1. The Hall–Kier alpha value is -1.76. The molecule has 1 amide bonds. The molecule has 0 aliphatic rings. The van der Waals surface area contributed by atoms with Gasteiger partial charge in [-0.2, -0.15) is 13.2 Å². The summed E-state index contributed by atoms with van der Waals surface area (Å²) in [5, 5.41) is 1.76. The third-order valence-electron chi connectivity index (χ3n) is 2.18. The van der Waals surface area contributed by atoms with E-state index in [0.717, 1.165) is 6.54 Å². The first-order valence-electron chi connectivity index (χ1n) is 5.55. The predicted molar refractivity (Wildman–Crippen MR) is 65.2 cm³/mol. The van der Waals surface area contributed by atoms with E-state index in [0.29, 0.717) is 12.4 Å². The van der Waals surface area contributed by atoms with Crippen molar-refractivity contribution in [3.63, 3.8) is 0 Å². The Morgan fingerprint density at radius 1 is 1.26 bits per heavy atom. The van der Waals surface area contributed by atoms with E-state index in [4.69, 9.17) is 4.74 Å². The first-order chi connectivity index (χ1) is 8.79. The third-order valence-corrected chi connectivity index (χ3v) is 2.18. The van der Waals surface area contributed by atoms with E-state index >= 15 is 0 Å². The second kappa shape index (κ2) is 6.42. The van der Waals surface area contributed by atoms with E-state index in [2.05, 4.69) is 0 Å². The molecule has 0 saturated heterocycles. The highest BCUT2D eigenvalue weighted by Crippen LogP contribution is 2.20. The van der Waals surface area contributed by atoms with Crippen LogP contribution >= 0.6 is 0 Å². The van der Waals surface area contributed by atoms with Gasteiger partial charge in [0.2, 0.25) is 0 Å². The lowest BCUT2D eigenvalue weighted by Crippen LogP contribution is -2.29. The largest absolute Gasteiger partial charge is 0.492 e. The molecule has 0 saturated carbocycles. The number of likely N-dealkylation sites (N-methyl/N-ethyl adjacent to an activating group) is 1. The zero-order valence-electron chi connectivity index (χ0n) is 10.6. The van der Waals surface area contributed by atoms with E-state index in [1.807, 2.05) is 19.0 Å². The topological polar surface area (TPSA) is 41.6 Å². The van der Waals surface area contributed by atoms with Gasteiger partial charge in [-0.15, -0.1) is 0 Å². The molecule has 0 bridgehead atoms. The number of rotatable bonds is 5. The molecule has 1 aromatic rings. The summed E-state index contributed by atoms with van der Waals surface area (Å²) in [5.41, 5.74) is 0.0716. The molecule has 0 radical (unpaired) electrons. The highest BCUT2D eigenvalue weighted by Gasteiger charge is 2.38. The van der Waals surface area contributed by atoms with Crippen molar-refractivity contribution < 1.29 is 22.7 Å². The van der Waals surface area contributed by atoms with Crippen LogP contribution in [-0.2, 0) is 4.79 Å². The van der Waals surface area contributed by atoms with Crippen LogP contribution in [0.5, 0.6) is 5.75 Å². The molecule has 0 heterocycles. The van der Waals surface area contributed by atoms with Gasteiger partial charge in [0.05, 0.1) is 0 Å². The first-order valence-corrected chi connectivity index (χ1v) is 5.55. The van der Waals surface area contributed by atoms with Crippen LogP contribution in [0.2, 0.25) is 0 Å². The summed E-state index contributed by atoms with van der Waals surface area (Å²) >= 11 is 0. The number of hydrogen-bond donors (Lipinski definition) is 1. The van der Waals surface area contributed by atoms with Gasteiger partial charge in [0.1, 0.15) is 12.4 Å². The minimum absolute atomic E-state index is 0.0716. The number of nitrogens with zero attached hydrogens (tertiary/aromatic N) is 1. The fourth-order valence-electron chi connectivity index (χ4n) is 1.18. The van der Waals surface area contributed by atoms with Crippen molar-refractivity contribution in [1.82, 2.24) is 4.90 Å². The number of ether oxygens (including phenoxy) is 1. The highest BCUT2D eigenvalue weighted by molar-refractivity contribution is 5.94. The summed E-state index contributed by atoms with van der Waals surface area (Å²) in [5.74, 6) is -1.46. The third kappa shape index (κ3) is 5.60. The predicted octanol–water partition coefficient (Wildman–Crippen LogP) is 2.13. The maximum absolute atomic E-state index is 12.0. The standard InChI is InChI=1S/C12H15F3N2O2/c1-17(2)7-8-19-10-5-3-9(4-6-10)16-11(18)12(13,14)15/h3-6H,7-8H2,1-2H3,(H,16,18). The van der Waals surface area contributed by atoms with Gasteiger partial charge >= 0.3 is 12.1 Å². The molecular formula is C12H15F3N2O2. The molecule has 1 aromatic carbocycles. The maximum atomic E-state index is 12.0. The van der Waals surface area contributed by atoms with E-state index in [1.165, 1.54) is 24.3 Å². The number of anilines is 1. The van der Waals surface area contributed by atoms with Crippen molar-refractivity contribution in [2.75, 3.05) is 32.6 Å². The molecule has 7 heteroatoms. The Morgan fingerprint density at radius 3 is 2.32 bits per heavy atom. The van der Waals surface area contributed by atoms with E-state index < -0.39 is 12.1 Å². The Bertz CT molecular complexity index is 416. The molecule has 4 nitrogen and oxygen atoms in total. The van der Waals surface area contributed by atoms with Crippen molar-refractivity contribution in [3.8, 4) is 5.75 Å². The molecule has 0 fully saturated rings. The number of alkyl halides is 3. The number of carbonyl (C=O) groups is 1. The second-order valence-corrected chi connectivity index (χ2v) is 4.13. The van der Waals surface area contributed by atoms with Gasteiger partial charge in [0.15, 0.2) is 0 Å². The molecule has 0 spiro atoms. The van der Waals surface area contributed by atoms with Crippen LogP contribution < -0.4 is 10.1 Å². The van der Waals surface area contributed by atoms with Gasteiger partial charge in [-0.3, -0.25) is 4.79 Å². The van der Waals surface area contributed by atoms with Crippen molar-refractivity contribution in [2.45, 2.75) is 6.18 Å². The molecule has 0 aromatic heterocycles. The summed E-state index contributed by atoms with van der Waals surface area (Å²) in [6, 6.07) is 5.71. The second-order valence-electron chi connectivity index (χ2n) is 4.13. The Morgan fingerprint density at radius 2 is 1.84 bits per heavy atom. The van der Waals surface area contributed by atoms with Gasteiger partial charge in [-0.1, -0.05) is 0 Å². The van der Waals surface area contributed by atoms with Gasteiger partial charge in [-0.05, 0) is 38.4 Å². The van der Waals surface area contributed by atoms with E-state index in [1.54, 1.807) is 5.32 Å². The summed E-state index contributed by atoms with van der Waals surface area (Å²) in [6.45, 7) is 1.20. The van der Waals surface area contributed by atoms with Crippen LogP contribution in [0.4, 0.5) is 18.9 Å². The summed E-state index contributed by atoms with van der Waals surface area (Å²) < 4.78 is 41.4. The summed E-state index contributed by atoms with van der Waals surface area (Å²) in [7, 11) is 3.80. The van der Waals surface area contributed by atoms with Crippen LogP contribution in [-0.4, -0.2) is 44.2 Å². The lowest BCUT2D eigenvalue weighted by Gasteiger charge is -2.12. The van der Waals surface area contributed by atoms with Gasteiger partial charge in [0.25, 0.3) is 0 Å². The zero-order valence-corrected chi connectivity index (χ0v) is 10.6. The Kier molecular flexibility index (Phi) is 5.17. The average molecular weight is 276 g/mol. The smallest absolute Gasteiger partial charge is 0.471 e. The van der Waals surface area contributed by atoms with Crippen LogP contribution in [0.3, 0.4) is 0 Å². The monoisotopic (exact) mass is 276 g/mol. The average Bonchev–Trinajstić information content (AvgIpc) is 2.29. The fraction of sp³-hybridized carbons (Fsp3) is 0.417. The van der Waals surface area contributed by atoms with Crippen molar-refractivity contribution >= 4 is 11.6 Å². The number of carbonyl (C=O) groups excluding carboxylic acids is 1. The lowest BCUT2D eigenvalue weighted by molar-refractivity contribution is -0.167. The van der Waals surface area contributed by atoms with Gasteiger partial charge in [0, 0.05) is 12.2 Å². The molecule has 1 rings (SSSR count). The molecular weight excluding hydrogens is 261 g/mol. The van der Waals surface area contributed by atoms with Crippen LogP contribution in [0.1, 0.15) is 0 Å².